The highest BCUT2D eigenvalue weighted by molar-refractivity contribution is 5.70. The number of halogens is 6. The number of nitrogens with two attached hydrogens (primary N) is 1. The second-order valence-electron chi connectivity index (χ2n) is 5.85. The Bertz CT molecular complexity index is 597. The van der Waals surface area contributed by atoms with Crippen LogP contribution in [0.3, 0.4) is 0 Å². The molecule has 0 fully saturated rings. The van der Waals surface area contributed by atoms with E-state index in [-0.39, 0.29) is 31.0 Å². The Balaban J connectivity index is 3.16. The van der Waals surface area contributed by atoms with Crippen LogP contribution < -0.4 is 5.73 Å². The average molecular weight is 371 g/mol. The number of alkyl halides is 6. The summed E-state index contributed by atoms with van der Waals surface area (Å²) < 4.78 is 77.5. The molecule has 0 heterocycles. The summed E-state index contributed by atoms with van der Waals surface area (Å²) in [7, 11) is 0. The van der Waals surface area contributed by atoms with E-state index < -0.39 is 41.3 Å². The summed E-state index contributed by atoms with van der Waals surface area (Å²) in [4.78, 5) is 11.0. The number of hydrogen-bond donors (Lipinski definition) is 2. The van der Waals surface area contributed by atoms with Crippen molar-refractivity contribution < 1.29 is 36.2 Å². The molecule has 0 amide bonds. The number of carboxylic acids is 1. The fourth-order valence-corrected chi connectivity index (χ4v) is 2.60. The first kappa shape index (κ1) is 21.3. The molecule has 25 heavy (non-hydrogen) atoms. The van der Waals surface area contributed by atoms with Crippen molar-refractivity contribution in [2.45, 2.75) is 38.5 Å². The fraction of sp³-hybridized carbons (Fsp3) is 0.562. The van der Waals surface area contributed by atoms with Crippen LogP contribution in [0, 0.1) is 11.8 Å². The molecule has 3 N–H and O–H groups in total. The molecule has 3 nitrogen and oxygen atoms in total. The van der Waals surface area contributed by atoms with E-state index in [1.165, 1.54) is 0 Å². The summed E-state index contributed by atoms with van der Waals surface area (Å²) in [6.07, 6.45) is -9.55. The van der Waals surface area contributed by atoms with Crippen LogP contribution in [-0.4, -0.2) is 17.6 Å². The summed E-state index contributed by atoms with van der Waals surface area (Å²) in [6, 6.07) is 1.51. The van der Waals surface area contributed by atoms with E-state index in [1.54, 1.807) is 6.92 Å². The Morgan fingerprint density at radius 3 is 2.16 bits per heavy atom. The second-order valence-corrected chi connectivity index (χ2v) is 5.85. The molecule has 1 aromatic rings. The maximum atomic E-state index is 13.1. The Kier molecular flexibility index (Phi) is 6.87. The van der Waals surface area contributed by atoms with Crippen LogP contribution in [0.5, 0.6) is 0 Å². The van der Waals surface area contributed by atoms with E-state index in [4.69, 9.17) is 10.8 Å². The van der Waals surface area contributed by atoms with E-state index in [0.717, 1.165) is 6.07 Å². The van der Waals surface area contributed by atoms with Crippen LogP contribution in [0.4, 0.5) is 26.3 Å². The van der Waals surface area contributed by atoms with Gasteiger partial charge in [0.05, 0.1) is 17.0 Å². The fourth-order valence-electron chi connectivity index (χ4n) is 2.60. The van der Waals surface area contributed by atoms with Crippen molar-refractivity contribution in [2.75, 3.05) is 6.54 Å². The number of aliphatic carboxylic acids is 1. The molecule has 0 aliphatic heterocycles. The van der Waals surface area contributed by atoms with Crippen LogP contribution in [0.25, 0.3) is 0 Å². The smallest absolute Gasteiger partial charge is 0.416 e. The zero-order valence-corrected chi connectivity index (χ0v) is 13.4. The summed E-state index contributed by atoms with van der Waals surface area (Å²) in [5.41, 5.74) is 2.35. The Morgan fingerprint density at radius 1 is 1.16 bits per heavy atom. The van der Waals surface area contributed by atoms with Gasteiger partial charge >= 0.3 is 18.3 Å². The van der Waals surface area contributed by atoms with Crippen LogP contribution in [-0.2, 0) is 23.6 Å². The number of carbonyl (C=O) groups is 1. The van der Waals surface area contributed by atoms with Crippen molar-refractivity contribution in [1.82, 2.24) is 0 Å². The molecule has 0 saturated carbocycles. The van der Waals surface area contributed by atoms with Gasteiger partial charge in [0.25, 0.3) is 0 Å². The maximum Gasteiger partial charge on any atom is 0.416 e. The van der Waals surface area contributed by atoms with Crippen molar-refractivity contribution in [3.05, 3.63) is 34.9 Å². The highest BCUT2D eigenvalue weighted by Gasteiger charge is 2.38. The van der Waals surface area contributed by atoms with E-state index in [1.807, 2.05) is 0 Å². The molecule has 0 bridgehead atoms. The number of hydrogen-bond acceptors (Lipinski definition) is 2. The zero-order valence-electron chi connectivity index (χ0n) is 13.4. The van der Waals surface area contributed by atoms with Gasteiger partial charge in [-0.1, -0.05) is 19.4 Å². The molecule has 0 aromatic heterocycles. The lowest BCUT2D eigenvalue weighted by atomic mass is 9.85. The molecule has 0 aliphatic carbocycles. The third-order valence-electron chi connectivity index (χ3n) is 4.08. The minimum absolute atomic E-state index is 0.0562. The minimum Gasteiger partial charge on any atom is -0.481 e. The molecule has 1 aromatic carbocycles. The maximum absolute atomic E-state index is 13.1. The highest BCUT2D eigenvalue weighted by atomic mass is 19.4. The predicted molar refractivity (Wildman–Crippen MR) is 78.7 cm³/mol. The first-order chi connectivity index (χ1) is 11.4. The van der Waals surface area contributed by atoms with Gasteiger partial charge in [-0.05, 0) is 36.5 Å². The summed E-state index contributed by atoms with van der Waals surface area (Å²) in [5.74, 6) is -2.50. The molecule has 142 valence electrons. The van der Waals surface area contributed by atoms with Crippen molar-refractivity contribution in [1.29, 1.82) is 0 Å². The third-order valence-corrected chi connectivity index (χ3v) is 4.08. The second kappa shape index (κ2) is 8.07. The molecule has 9 heteroatoms. The standard InChI is InChI=1S/C16H19F6NO2/c1-2-9(6-11(8-23)14(24)25)5-10-3-4-12(15(17,18)19)7-13(10)16(20,21)22/h3-4,7,9,11H,2,5-6,8,23H2,1H3,(H,24,25). The predicted octanol–water partition coefficient (Wildman–Crippen LogP) is 4.34. The van der Waals surface area contributed by atoms with Crippen molar-refractivity contribution in [3.8, 4) is 0 Å². The van der Waals surface area contributed by atoms with E-state index in [9.17, 15) is 31.1 Å². The Hall–Kier alpha value is -1.77. The van der Waals surface area contributed by atoms with E-state index in [0.29, 0.717) is 12.5 Å². The lowest BCUT2D eigenvalue weighted by Crippen LogP contribution is -2.26. The molecule has 2 unspecified atom stereocenters. The zero-order chi connectivity index (χ0) is 19.4. The van der Waals surface area contributed by atoms with Gasteiger partial charge in [-0.15, -0.1) is 0 Å². The SMILES string of the molecule is CCC(Cc1ccc(C(F)(F)F)cc1C(F)(F)F)CC(CN)C(=O)O. The summed E-state index contributed by atoms with van der Waals surface area (Å²) in [6.45, 7) is 1.52. The molecule has 1 rings (SSSR count). The van der Waals surface area contributed by atoms with Gasteiger partial charge in [0, 0.05) is 6.54 Å². The van der Waals surface area contributed by atoms with Gasteiger partial charge in [-0.2, -0.15) is 26.3 Å². The van der Waals surface area contributed by atoms with E-state index in [2.05, 4.69) is 0 Å². The molecule has 0 spiro atoms. The largest absolute Gasteiger partial charge is 0.481 e. The van der Waals surface area contributed by atoms with Gasteiger partial charge in [-0.25, -0.2) is 0 Å². The van der Waals surface area contributed by atoms with Gasteiger partial charge in [0.2, 0.25) is 0 Å². The first-order valence-corrected chi connectivity index (χ1v) is 7.60. The third kappa shape index (κ3) is 5.91. The van der Waals surface area contributed by atoms with Crippen LogP contribution in [0.1, 0.15) is 36.5 Å². The Morgan fingerprint density at radius 2 is 1.76 bits per heavy atom. The monoisotopic (exact) mass is 371 g/mol. The summed E-state index contributed by atoms with van der Waals surface area (Å²) >= 11 is 0. The molecular weight excluding hydrogens is 352 g/mol. The van der Waals surface area contributed by atoms with Gasteiger partial charge in [0.15, 0.2) is 0 Å². The molecule has 0 aliphatic rings. The average Bonchev–Trinajstić information content (AvgIpc) is 2.48. The van der Waals surface area contributed by atoms with Crippen molar-refractivity contribution in [3.63, 3.8) is 0 Å². The van der Waals surface area contributed by atoms with Crippen molar-refractivity contribution >= 4 is 5.97 Å². The number of rotatable bonds is 7. The normalized spacial score (nSPS) is 15.0. The van der Waals surface area contributed by atoms with Gasteiger partial charge in [0.1, 0.15) is 0 Å². The van der Waals surface area contributed by atoms with E-state index >= 15 is 0 Å². The molecule has 0 radical (unpaired) electrons. The number of carboxylic acid groups (broad SMARTS) is 1. The topological polar surface area (TPSA) is 63.3 Å². The van der Waals surface area contributed by atoms with Gasteiger partial charge < -0.3 is 10.8 Å². The molecular formula is C16H19F6NO2. The van der Waals surface area contributed by atoms with Crippen LogP contribution >= 0.6 is 0 Å². The van der Waals surface area contributed by atoms with Crippen LogP contribution in [0.15, 0.2) is 18.2 Å². The lowest BCUT2D eigenvalue weighted by molar-refractivity contribution is -0.144. The summed E-state index contributed by atoms with van der Waals surface area (Å²) in [5, 5.41) is 9.01. The quantitative estimate of drug-likeness (QED) is 0.701. The minimum atomic E-state index is -4.94. The highest BCUT2D eigenvalue weighted by Crippen LogP contribution is 2.38. The van der Waals surface area contributed by atoms with Crippen LogP contribution in [0.2, 0.25) is 0 Å². The van der Waals surface area contributed by atoms with Gasteiger partial charge in [-0.3, -0.25) is 4.79 Å². The van der Waals surface area contributed by atoms with Crippen molar-refractivity contribution in [2.24, 2.45) is 17.6 Å². The molecule has 2 atom stereocenters. The first-order valence-electron chi connectivity index (χ1n) is 7.60. The number of benzene rings is 1. The Labute approximate surface area is 140 Å². The molecule has 0 saturated heterocycles. The lowest BCUT2D eigenvalue weighted by Gasteiger charge is -2.22.